The van der Waals surface area contributed by atoms with Crippen molar-refractivity contribution in [2.75, 3.05) is 39.8 Å². The van der Waals surface area contributed by atoms with Crippen molar-refractivity contribution < 1.29 is 9.32 Å². The highest BCUT2D eigenvalue weighted by atomic mass is 16.5. The molecule has 0 aromatic carbocycles. The molecule has 0 spiro atoms. The van der Waals surface area contributed by atoms with Gasteiger partial charge in [0, 0.05) is 57.4 Å². The van der Waals surface area contributed by atoms with Crippen LogP contribution in [0.15, 0.2) is 16.9 Å². The predicted octanol–water partition coefficient (Wildman–Crippen LogP) is 0.984. The topological polar surface area (TPSA) is 64.9 Å². The average Bonchev–Trinajstić information content (AvgIpc) is 3.30. The summed E-state index contributed by atoms with van der Waals surface area (Å²) >= 11 is 0. The van der Waals surface area contributed by atoms with Gasteiger partial charge >= 0.3 is 6.03 Å². The van der Waals surface area contributed by atoms with Gasteiger partial charge in [0.25, 0.3) is 0 Å². The Kier molecular flexibility index (Phi) is 5.17. The van der Waals surface area contributed by atoms with Crippen molar-refractivity contribution in [1.82, 2.24) is 25.2 Å². The van der Waals surface area contributed by atoms with Gasteiger partial charge in [-0.1, -0.05) is 5.16 Å². The lowest BCUT2D eigenvalue weighted by molar-refractivity contribution is 0.131. The van der Waals surface area contributed by atoms with Crippen molar-refractivity contribution >= 4 is 6.03 Å². The first-order chi connectivity index (χ1) is 11.1. The molecule has 0 unspecified atom stereocenters. The summed E-state index contributed by atoms with van der Waals surface area (Å²) in [5.74, 6) is 0. The van der Waals surface area contributed by atoms with E-state index >= 15 is 0 Å². The maximum absolute atomic E-state index is 12.3. The molecular weight excluding hydrogens is 294 g/mol. The van der Waals surface area contributed by atoms with Crippen molar-refractivity contribution in [3.63, 3.8) is 0 Å². The molecule has 0 radical (unpaired) electrons. The molecule has 1 saturated carbocycles. The van der Waals surface area contributed by atoms with Gasteiger partial charge in [-0.05, 0) is 26.8 Å². The third-order valence-corrected chi connectivity index (χ3v) is 4.90. The molecule has 1 aliphatic heterocycles. The zero-order valence-corrected chi connectivity index (χ0v) is 14.1. The molecule has 3 rings (SSSR count). The predicted molar refractivity (Wildman–Crippen MR) is 87.0 cm³/mol. The molecule has 1 aromatic heterocycles. The fraction of sp³-hybridized carbons (Fsp3) is 0.750. The molecule has 2 fully saturated rings. The number of carbonyl (C=O) groups excluding carboxylic acids is 1. The van der Waals surface area contributed by atoms with Crippen LogP contribution in [0.4, 0.5) is 4.79 Å². The van der Waals surface area contributed by atoms with E-state index < -0.39 is 0 Å². The monoisotopic (exact) mass is 321 g/mol. The Morgan fingerprint density at radius 3 is 2.78 bits per heavy atom. The Morgan fingerprint density at radius 1 is 1.43 bits per heavy atom. The van der Waals surface area contributed by atoms with Crippen LogP contribution in [-0.4, -0.2) is 77.7 Å². The Bertz CT molecular complexity index is 495. The van der Waals surface area contributed by atoms with Crippen molar-refractivity contribution in [3.05, 3.63) is 18.0 Å². The quantitative estimate of drug-likeness (QED) is 0.846. The van der Waals surface area contributed by atoms with Crippen molar-refractivity contribution in [2.45, 2.75) is 38.4 Å². The highest BCUT2D eigenvalue weighted by Crippen LogP contribution is 2.26. The molecule has 1 atom stereocenters. The van der Waals surface area contributed by atoms with Crippen LogP contribution in [0.3, 0.4) is 0 Å². The second-order valence-corrected chi connectivity index (χ2v) is 6.69. The summed E-state index contributed by atoms with van der Waals surface area (Å²) in [6.07, 6.45) is 4.18. The molecule has 2 heterocycles. The Morgan fingerprint density at radius 2 is 2.17 bits per heavy atom. The van der Waals surface area contributed by atoms with Crippen LogP contribution < -0.4 is 5.32 Å². The zero-order chi connectivity index (χ0) is 16.2. The summed E-state index contributed by atoms with van der Waals surface area (Å²) in [7, 11) is 2.15. The van der Waals surface area contributed by atoms with Gasteiger partial charge in [0.2, 0.25) is 0 Å². The number of urea groups is 1. The lowest BCUT2D eigenvalue weighted by Gasteiger charge is -2.34. The highest BCUT2D eigenvalue weighted by molar-refractivity contribution is 5.74. The van der Waals surface area contributed by atoms with Crippen LogP contribution in [0, 0.1) is 0 Å². The van der Waals surface area contributed by atoms with E-state index in [-0.39, 0.29) is 6.03 Å². The van der Waals surface area contributed by atoms with E-state index in [1.165, 1.54) is 12.8 Å². The van der Waals surface area contributed by atoms with Gasteiger partial charge in [-0.15, -0.1) is 0 Å². The number of hydrogen-bond acceptors (Lipinski definition) is 5. The van der Waals surface area contributed by atoms with E-state index in [1.54, 1.807) is 6.26 Å². The molecule has 128 valence electrons. The second-order valence-electron chi connectivity index (χ2n) is 6.69. The Labute approximate surface area is 137 Å². The summed E-state index contributed by atoms with van der Waals surface area (Å²) in [5.41, 5.74) is 0.944. The summed E-state index contributed by atoms with van der Waals surface area (Å²) in [4.78, 5) is 18.9. The standard InChI is InChI=1S/C16H27N5O2/c1-13(19(2)15-3-4-15)11-17-16(22)21-8-6-20(7-9-21)12-14-5-10-23-18-14/h5,10,13,15H,3-4,6-9,11-12H2,1-2H3,(H,17,22)/t13-/m1/s1. The van der Waals surface area contributed by atoms with Crippen molar-refractivity contribution in [1.29, 1.82) is 0 Å². The fourth-order valence-electron chi connectivity index (χ4n) is 2.99. The molecule has 7 heteroatoms. The minimum absolute atomic E-state index is 0.0575. The van der Waals surface area contributed by atoms with Crippen LogP contribution in [0.2, 0.25) is 0 Å². The van der Waals surface area contributed by atoms with Gasteiger partial charge in [0.1, 0.15) is 6.26 Å². The van der Waals surface area contributed by atoms with E-state index in [9.17, 15) is 4.79 Å². The number of piperazine rings is 1. The van der Waals surface area contributed by atoms with Gasteiger partial charge < -0.3 is 14.7 Å². The summed E-state index contributed by atoms with van der Waals surface area (Å²) < 4.78 is 4.85. The average molecular weight is 321 g/mol. The molecule has 23 heavy (non-hydrogen) atoms. The lowest BCUT2D eigenvalue weighted by atomic mass is 10.3. The maximum Gasteiger partial charge on any atom is 0.317 e. The van der Waals surface area contributed by atoms with Crippen LogP contribution in [0.5, 0.6) is 0 Å². The number of nitrogens with one attached hydrogen (secondary N) is 1. The SMILES string of the molecule is C[C@H](CNC(=O)N1CCN(Cc2ccon2)CC1)N(C)C1CC1. The van der Waals surface area contributed by atoms with Gasteiger partial charge in [-0.3, -0.25) is 9.80 Å². The molecule has 0 bridgehead atoms. The molecule has 2 aliphatic rings. The highest BCUT2D eigenvalue weighted by Gasteiger charge is 2.29. The molecule has 2 amide bonds. The normalized spacial score (nSPS) is 20.7. The number of hydrogen-bond donors (Lipinski definition) is 1. The molecule has 1 aromatic rings. The van der Waals surface area contributed by atoms with Gasteiger partial charge in [0.15, 0.2) is 0 Å². The third kappa shape index (κ3) is 4.45. The fourth-order valence-corrected chi connectivity index (χ4v) is 2.99. The van der Waals surface area contributed by atoms with Gasteiger partial charge in [-0.2, -0.15) is 0 Å². The second kappa shape index (κ2) is 7.31. The molecular formula is C16H27N5O2. The largest absolute Gasteiger partial charge is 0.364 e. The third-order valence-electron chi connectivity index (χ3n) is 4.90. The van der Waals surface area contributed by atoms with E-state index in [2.05, 4.69) is 34.2 Å². The molecule has 1 saturated heterocycles. The number of nitrogens with zero attached hydrogens (tertiary/aromatic N) is 4. The zero-order valence-electron chi connectivity index (χ0n) is 14.1. The van der Waals surface area contributed by atoms with Crippen LogP contribution in [-0.2, 0) is 6.54 Å². The summed E-state index contributed by atoms with van der Waals surface area (Å²) in [5, 5.41) is 7.01. The summed E-state index contributed by atoms with van der Waals surface area (Å²) in [6, 6.07) is 3.06. The summed E-state index contributed by atoms with van der Waals surface area (Å²) in [6.45, 7) is 6.94. The number of likely N-dealkylation sites (N-methyl/N-ethyl adjacent to an activating group) is 1. The van der Waals surface area contributed by atoms with Crippen molar-refractivity contribution in [2.24, 2.45) is 0 Å². The Hall–Kier alpha value is -1.60. The van der Waals surface area contributed by atoms with Gasteiger partial charge in [0.05, 0.1) is 5.69 Å². The van der Waals surface area contributed by atoms with E-state index in [1.807, 2.05) is 11.0 Å². The first kappa shape index (κ1) is 16.3. The Balaban J connectivity index is 1.36. The smallest absolute Gasteiger partial charge is 0.317 e. The van der Waals surface area contributed by atoms with Gasteiger partial charge in [-0.25, -0.2) is 4.79 Å². The van der Waals surface area contributed by atoms with Crippen LogP contribution in [0.25, 0.3) is 0 Å². The number of carbonyl (C=O) groups is 1. The van der Waals surface area contributed by atoms with Crippen molar-refractivity contribution in [3.8, 4) is 0 Å². The van der Waals surface area contributed by atoms with E-state index in [0.717, 1.165) is 44.5 Å². The number of aromatic nitrogens is 1. The van der Waals surface area contributed by atoms with E-state index in [0.29, 0.717) is 12.6 Å². The van der Waals surface area contributed by atoms with Crippen LogP contribution in [0.1, 0.15) is 25.5 Å². The van der Waals surface area contributed by atoms with Crippen LogP contribution >= 0.6 is 0 Å². The minimum Gasteiger partial charge on any atom is -0.364 e. The number of rotatable bonds is 6. The molecule has 7 nitrogen and oxygen atoms in total. The maximum atomic E-state index is 12.3. The molecule has 1 N–H and O–H groups in total. The first-order valence-corrected chi connectivity index (χ1v) is 8.50. The van der Waals surface area contributed by atoms with E-state index in [4.69, 9.17) is 4.52 Å². The lowest BCUT2D eigenvalue weighted by Crippen LogP contribution is -2.53. The first-order valence-electron chi connectivity index (χ1n) is 8.50. The number of amides is 2. The molecule has 1 aliphatic carbocycles. The minimum atomic E-state index is 0.0575.